The minimum atomic E-state index is -0.748. The lowest BCUT2D eigenvalue weighted by molar-refractivity contribution is -0.141. The molecule has 0 fully saturated rings. The molecule has 116 valence electrons. The van der Waals surface area contributed by atoms with Crippen LogP contribution in [0, 0.1) is 0 Å². The first-order valence-corrected chi connectivity index (χ1v) is 7.24. The van der Waals surface area contributed by atoms with E-state index in [-0.39, 0.29) is 12.2 Å². The molecule has 0 amide bonds. The van der Waals surface area contributed by atoms with Gasteiger partial charge in [-0.05, 0) is 29.8 Å². The quantitative estimate of drug-likeness (QED) is 0.243. The van der Waals surface area contributed by atoms with Gasteiger partial charge in [-0.1, -0.05) is 30.3 Å². The van der Waals surface area contributed by atoms with E-state index in [1.165, 1.54) is 6.07 Å². The van der Waals surface area contributed by atoms with Crippen LogP contribution in [0.2, 0.25) is 0 Å². The van der Waals surface area contributed by atoms with Crippen molar-refractivity contribution in [3.8, 4) is 0 Å². The average Bonchev–Trinajstić information content (AvgIpc) is 2.54. The van der Waals surface area contributed by atoms with Crippen LogP contribution < -0.4 is 5.63 Å². The van der Waals surface area contributed by atoms with Gasteiger partial charge in [0.25, 0.3) is 0 Å². The Bertz CT molecular complexity index is 968. The smallest absolute Gasteiger partial charge is 0.347 e. The number of carbonyl (C=O) groups excluding carboxylic acids is 2. The van der Waals surface area contributed by atoms with Gasteiger partial charge in [-0.3, -0.25) is 9.59 Å². The largest absolute Gasteiger partial charge is 0.466 e. The topological polar surface area (TPSA) is 73.6 Å². The maximum atomic E-state index is 12.2. The van der Waals surface area contributed by atoms with Crippen molar-refractivity contribution < 1.29 is 18.7 Å². The summed E-state index contributed by atoms with van der Waals surface area (Å²) in [6.45, 7) is 1.84. The van der Waals surface area contributed by atoms with Gasteiger partial charge < -0.3 is 9.15 Å². The molecular formula is C18H14O5. The monoisotopic (exact) mass is 310 g/mol. The summed E-state index contributed by atoms with van der Waals surface area (Å²) in [5.74, 6) is -1.26. The van der Waals surface area contributed by atoms with Gasteiger partial charge in [0.05, 0.1) is 6.61 Å². The molecule has 1 aromatic heterocycles. The van der Waals surface area contributed by atoms with Crippen molar-refractivity contribution in [2.75, 3.05) is 6.61 Å². The third kappa shape index (κ3) is 2.85. The number of rotatable bonds is 4. The first-order valence-electron chi connectivity index (χ1n) is 7.24. The number of fused-ring (bicyclic) bond motifs is 3. The Balaban J connectivity index is 2.12. The molecule has 3 aromatic rings. The summed E-state index contributed by atoms with van der Waals surface area (Å²) in [6.07, 6.45) is -0.477. The van der Waals surface area contributed by atoms with E-state index >= 15 is 0 Å². The van der Waals surface area contributed by atoms with Gasteiger partial charge in [0.1, 0.15) is 17.6 Å². The number of Topliss-reactive ketones (excluding diaryl/α,β-unsaturated/α-hetero) is 1. The predicted octanol–water partition coefficient (Wildman–Crippen LogP) is 3.08. The molecule has 0 aliphatic rings. The van der Waals surface area contributed by atoms with Crippen LogP contribution in [0.5, 0.6) is 0 Å². The lowest BCUT2D eigenvalue weighted by Gasteiger charge is -2.05. The minimum Gasteiger partial charge on any atom is -0.466 e. The van der Waals surface area contributed by atoms with E-state index in [0.717, 1.165) is 10.8 Å². The van der Waals surface area contributed by atoms with Crippen LogP contribution in [0.3, 0.4) is 0 Å². The Kier molecular flexibility index (Phi) is 3.93. The van der Waals surface area contributed by atoms with Crippen LogP contribution in [0.4, 0.5) is 0 Å². The summed E-state index contributed by atoms with van der Waals surface area (Å²) in [5, 5.41) is 2.51. The number of esters is 1. The highest BCUT2D eigenvalue weighted by atomic mass is 16.5. The number of carbonyl (C=O) groups is 2. The van der Waals surface area contributed by atoms with Gasteiger partial charge in [0.2, 0.25) is 0 Å². The molecule has 0 spiro atoms. The van der Waals surface area contributed by atoms with E-state index in [1.54, 1.807) is 13.0 Å². The highest BCUT2D eigenvalue weighted by molar-refractivity contribution is 6.10. The molecule has 23 heavy (non-hydrogen) atoms. The van der Waals surface area contributed by atoms with Crippen LogP contribution in [-0.4, -0.2) is 18.4 Å². The van der Waals surface area contributed by atoms with E-state index in [1.807, 2.05) is 30.3 Å². The zero-order valence-corrected chi connectivity index (χ0v) is 12.5. The van der Waals surface area contributed by atoms with E-state index < -0.39 is 23.8 Å². The third-order valence-corrected chi connectivity index (χ3v) is 3.55. The fourth-order valence-electron chi connectivity index (χ4n) is 2.50. The molecule has 0 saturated heterocycles. The SMILES string of the molecule is CCOC(=O)CC(=O)c1cc2c(ccc3ccccc32)oc1=O. The zero-order valence-electron chi connectivity index (χ0n) is 12.5. The molecule has 0 aliphatic heterocycles. The van der Waals surface area contributed by atoms with Crippen molar-refractivity contribution in [1.29, 1.82) is 0 Å². The van der Waals surface area contributed by atoms with Crippen LogP contribution in [-0.2, 0) is 9.53 Å². The summed E-state index contributed by atoms with van der Waals surface area (Å²) >= 11 is 0. The van der Waals surface area contributed by atoms with Gasteiger partial charge >= 0.3 is 11.6 Å². The number of ketones is 1. The first-order chi connectivity index (χ1) is 11.1. The Morgan fingerprint density at radius 2 is 1.87 bits per heavy atom. The van der Waals surface area contributed by atoms with Gasteiger partial charge in [-0.25, -0.2) is 4.79 Å². The van der Waals surface area contributed by atoms with Gasteiger partial charge in [0.15, 0.2) is 5.78 Å². The predicted molar refractivity (Wildman–Crippen MR) is 85.6 cm³/mol. The van der Waals surface area contributed by atoms with Crippen LogP contribution in [0.25, 0.3) is 21.7 Å². The third-order valence-electron chi connectivity index (χ3n) is 3.55. The standard InChI is InChI=1S/C18H14O5/c1-2-22-17(20)10-15(19)14-9-13-12-6-4-3-5-11(12)7-8-16(13)23-18(14)21/h3-9H,2,10H2,1H3. The Hall–Kier alpha value is -2.95. The number of hydrogen-bond acceptors (Lipinski definition) is 5. The molecule has 0 aliphatic carbocycles. The van der Waals surface area contributed by atoms with Crippen molar-refractivity contribution >= 4 is 33.5 Å². The molecule has 0 bridgehead atoms. The van der Waals surface area contributed by atoms with Crippen LogP contribution >= 0.6 is 0 Å². The molecule has 5 heteroatoms. The van der Waals surface area contributed by atoms with Crippen molar-refractivity contribution in [3.63, 3.8) is 0 Å². The lowest BCUT2D eigenvalue weighted by atomic mass is 10.0. The van der Waals surface area contributed by atoms with Crippen LogP contribution in [0.1, 0.15) is 23.7 Å². The molecule has 0 saturated carbocycles. The average molecular weight is 310 g/mol. The summed E-state index contributed by atoms with van der Waals surface area (Å²) in [7, 11) is 0. The number of ether oxygens (including phenoxy) is 1. The molecule has 0 N–H and O–H groups in total. The summed E-state index contributed by atoms with van der Waals surface area (Å²) in [4.78, 5) is 35.6. The van der Waals surface area contributed by atoms with Crippen LogP contribution in [0.15, 0.2) is 51.7 Å². The van der Waals surface area contributed by atoms with E-state index in [2.05, 4.69) is 0 Å². The second-order valence-electron chi connectivity index (χ2n) is 5.05. The number of hydrogen-bond donors (Lipinski definition) is 0. The Morgan fingerprint density at radius 1 is 1.09 bits per heavy atom. The maximum absolute atomic E-state index is 12.2. The van der Waals surface area contributed by atoms with Gasteiger partial charge in [-0.2, -0.15) is 0 Å². The maximum Gasteiger partial charge on any atom is 0.347 e. The van der Waals surface area contributed by atoms with Crippen molar-refractivity contribution in [3.05, 3.63) is 58.4 Å². The van der Waals surface area contributed by atoms with Crippen molar-refractivity contribution in [1.82, 2.24) is 0 Å². The molecule has 5 nitrogen and oxygen atoms in total. The van der Waals surface area contributed by atoms with Crippen molar-refractivity contribution in [2.45, 2.75) is 13.3 Å². The molecular weight excluding hydrogens is 296 g/mol. The second kappa shape index (κ2) is 6.04. The van der Waals surface area contributed by atoms with E-state index in [4.69, 9.17) is 9.15 Å². The molecule has 0 atom stereocenters. The summed E-state index contributed by atoms with van der Waals surface area (Å²) in [6, 6.07) is 12.6. The van der Waals surface area contributed by atoms with Crippen molar-refractivity contribution in [2.24, 2.45) is 0 Å². The summed E-state index contributed by atoms with van der Waals surface area (Å²) < 4.78 is 9.97. The minimum absolute atomic E-state index is 0.137. The fraction of sp³-hybridized carbons (Fsp3) is 0.167. The Morgan fingerprint density at radius 3 is 2.65 bits per heavy atom. The molecule has 0 radical (unpaired) electrons. The lowest BCUT2D eigenvalue weighted by Crippen LogP contribution is -2.18. The molecule has 1 heterocycles. The molecule has 0 unspecified atom stereocenters. The Labute approximate surface area is 131 Å². The molecule has 2 aromatic carbocycles. The molecule has 3 rings (SSSR count). The van der Waals surface area contributed by atoms with Gasteiger partial charge in [-0.15, -0.1) is 0 Å². The van der Waals surface area contributed by atoms with Gasteiger partial charge in [0, 0.05) is 5.39 Å². The second-order valence-corrected chi connectivity index (χ2v) is 5.05. The van der Waals surface area contributed by atoms with E-state index in [9.17, 15) is 14.4 Å². The highest BCUT2D eigenvalue weighted by Gasteiger charge is 2.18. The fourth-order valence-corrected chi connectivity index (χ4v) is 2.50. The highest BCUT2D eigenvalue weighted by Crippen LogP contribution is 2.25. The normalized spacial score (nSPS) is 10.8. The number of benzene rings is 2. The zero-order chi connectivity index (χ0) is 16.4. The first kappa shape index (κ1) is 15.0. The van der Waals surface area contributed by atoms with E-state index in [0.29, 0.717) is 11.0 Å². The summed E-state index contributed by atoms with van der Waals surface area (Å²) in [5.41, 5.74) is -0.481.